The van der Waals surface area contributed by atoms with Gasteiger partial charge in [-0.25, -0.2) is 0 Å². The van der Waals surface area contributed by atoms with Crippen LogP contribution in [0.15, 0.2) is 18.2 Å². The zero-order valence-corrected chi connectivity index (χ0v) is 11.4. The van der Waals surface area contributed by atoms with Crippen LogP contribution in [0.1, 0.15) is 5.56 Å². The number of nitrogens with zero attached hydrogens (tertiary/aromatic N) is 1. The van der Waals surface area contributed by atoms with Crippen LogP contribution in [0, 0.1) is 13.0 Å². The predicted molar refractivity (Wildman–Crippen MR) is 55.1 cm³/mol. The summed E-state index contributed by atoms with van der Waals surface area (Å²) < 4.78 is 0. The van der Waals surface area contributed by atoms with Crippen molar-refractivity contribution >= 4 is 5.69 Å². The van der Waals surface area contributed by atoms with Crippen molar-refractivity contribution in [2.24, 2.45) is 0 Å². The normalized spacial score (nSPS) is 16.2. The van der Waals surface area contributed by atoms with Crippen molar-refractivity contribution in [3.8, 4) is 0 Å². The minimum atomic E-state index is 0. The second-order valence-electron chi connectivity index (χ2n) is 3.47. The molecule has 0 atom stereocenters. The van der Waals surface area contributed by atoms with Gasteiger partial charge in [0, 0.05) is 58.9 Å². The molecular formula is C11H15N2Y-. The number of rotatable bonds is 1. The molecule has 73 valence electrons. The van der Waals surface area contributed by atoms with Gasteiger partial charge < -0.3 is 10.2 Å². The van der Waals surface area contributed by atoms with E-state index in [-0.39, 0.29) is 32.7 Å². The summed E-state index contributed by atoms with van der Waals surface area (Å²) in [6, 6.07) is 9.51. The molecule has 0 saturated carbocycles. The van der Waals surface area contributed by atoms with Crippen molar-refractivity contribution in [2.75, 3.05) is 31.1 Å². The van der Waals surface area contributed by atoms with Gasteiger partial charge >= 0.3 is 0 Å². The van der Waals surface area contributed by atoms with Crippen LogP contribution in [-0.4, -0.2) is 26.2 Å². The van der Waals surface area contributed by atoms with Gasteiger partial charge in [-0.1, -0.05) is 12.6 Å². The van der Waals surface area contributed by atoms with Crippen LogP contribution in [0.2, 0.25) is 0 Å². The number of hydrogen-bond donors (Lipinski definition) is 1. The maximum atomic E-state index is 3.35. The number of benzene rings is 1. The maximum Gasteiger partial charge on any atom is 0.0282 e. The second kappa shape index (κ2) is 5.84. The minimum absolute atomic E-state index is 0. The summed E-state index contributed by atoms with van der Waals surface area (Å²) in [6.45, 7) is 6.51. The molecule has 1 N–H and O–H groups in total. The molecule has 0 amide bonds. The van der Waals surface area contributed by atoms with Gasteiger partial charge in [-0.15, -0.1) is 12.1 Å². The van der Waals surface area contributed by atoms with E-state index in [0.29, 0.717) is 0 Å². The molecule has 0 bridgehead atoms. The SMILES string of the molecule is Cc1[c-]ccc(N2CCNCC2)c1.[Y]. The largest absolute Gasteiger partial charge is 0.391 e. The Morgan fingerprint density at radius 3 is 2.71 bits per heavy atom. The molecule has 1 heterocycles. The molecule has 1 aliphatic rings. The molecule has 1 aromatic rings. The van der Waals surface area contributed by atoms with Crippen molar-refractivity contribution in [3.05, 3.63) is 29.8 Å². The summed E-state index contributed by atoms with van der Waals surface area (Å²) in [7, 11) is 0. The van der Waals surface area contributed by atoms with E-state index in [9.17, 15) is 0 Å². The summed E-state index contributed by atoms with van der Waals surface area (Å²) in [5.41, 5.74) is 2.55. The van der Waals surface area contributed by atoms with E-state index in [1.165, 1.54) is 11.3 Å². The first-order valence-electron chi connectivity index (χ1n) is 4.80. The van der Waals surface area contributed by atoms with Crippen molar-refractivity contribution in [1.29, 1.82) is 0 Å². The van der Waals surface area contributed by atoms with Gasteiger partial charge in [0.1, 0.15) is 0 Å². The van der Waals surface area contributed by atoms with E-state index < -0.39 is 0 Å². The molecule has 1 radical (unpaired) electrons. The molecule has 1 saturated heterocycles. The first-order chi connectivity index (χ1) is 6.36. The molecule has 0 unspecified atom stereocenters. The zero-order chi connectivity index (χ0) is 9.10. The molecule has 0 aromatic heterocycles. The standard InChI is InChI=1S/C11H15N2.Y/c1-10-3-2-4-11(9-10)13-7-5-12-6-8-13;/h2,4,9,12H,5-8H2,1H3;/q-1;. The van der Waals surface area contributed by atoms with Gasteiger partial charge in [0.15, 0.2) is 0 Å². The molecule has 1 aliphatic heterocycles. The van der Waals surface area contributed by atoms with Crippen LogP contribution in [0.4, 0.5) is 5.69 Å². The quantitative estimate of drug-likeness (QED) is 0.767. The Labute approximate surface area is 111 Å². The fourth-order valence-electron chi connectivity index (χ4n) is 1.69. The van der Waals surface area contributed by atoms with Crippen LogP contribution in [0.5, 0.6) is 0 Å². The molecular weight excluding hydrogens is 249 g/mol. The molecule has 0 spiro atoms. The Kier molecular flexibility index (Phi) is 5.07. The zero-order valence-electron chi connectivity index (χ0n) is 8.59. The number of hydrogen-bond acceptors (Lipinski definition) is 2. The summed E-state index contributed by atoms with van der Waals surface area (Å²) in [6.07, 6.45) is 0. The molecule has 2 nitrogen and oxygen atoms in total. The van der Waals surface area contributed by atoms with Crippen molar-refractivity contribution in [2.45, 2.75) is 6.92 Å². The van der Waals surface area contributed by atoms with Gasteiger partial charge in [0.25, 0.3) is 0 Å². The Morgan fingerprint density at radius 2 is 2.07 bits per heavy atom. The third kappa shape index (κ3) is 3.04. The molecule has 1 fully saturated rings. The Hall–Kier alpha value is 0.0839. The Morgan fingerprint density at radius 1 is 1.36 bits per heavy atom. The maximum absolute atomic E-state index is 3.35. The predicted octanol–water partition coefficient (Wildman–Crippen LogP) is 1.20. The molecule has 14 heavy (non-hydrogen) atoms. The van der Waals surface area contributed by atoms with E-state index in [1.54, 1.807) is 0 Å². The molecule has 1 aromatic carbocycles. The molecule has 3 heteroatoms. The Bertz CT molecular complexity index is 282. The third-order valence-corrected chi connectivity index (χ3v) is 2.41. The topological polar surface area (TPSA) is 15.3 Å². The summed E-state index contributed by atoms with van der Waals surface area (Å²) >= 11 is 0. The van der Waals surface area contributed by atoms with E-state index in [4.69, 9.17) is 0 Å². The van der Waals surface area contributed by atoms with E-state index in [0.717, 1.165) is 26.2 Å². The average molecular weight is 264 g/mol. The minimum Gasteiger partial charge on any atom is -0.391 e. The van der Waals surface area contributed by atoms with Gasteiger partial charge in [-0.2, -0.15) is 17.7 Å². The monoisotopic (exact) mass is 264 g/mol. The van der Waals surface area contributed by atoms with Crippen molar-refractivity contribution in [1.82, 2.24) is 5.32 Å². The molecule has 2 rings (SSSR count). The van der Waals surface area contributed by atoms with E-state index >= 15 is 0 Å². The van der Waals surface area contributed by atoms with Gasteiger partial charge in [0.2, 0.25) is 0 Å². The Balaban J connectivity index is 0.000000980. The first-order valence-corrected chi connectivity index (χ1v) is 4.80. The van der Waals surface area contributed by atoms with Gasteiger partial charge in [-0.05, 0) is 0 Å². The van der Waals surface area contributed by atoms with Crippen molar-refractivity contribution < 1.29 is 32.7 Å². The fourth-order valence-corrected chi connectivity index (χ4v) is 1.69. The van der Waals surface area contributed by atoms with Crippen LogP contribution in [0.3, 0.4) is 0 Å². The van der Waals surface area contributed by atoms with Crippen LogP contribution < -0.4 is 10.2 Å². The summed E-state index contributed by atoms with van der Waals surface area (Å²) in [4.78, 5) is 2.41. The number of aryl methyl sites for hydroxylation is 1. The number of anilines is 1. The fraction of sp³-hybridized carbons (Fsp3) is 0.455. The van der Waals surface area contributed by atoms with Crippen LogP contribution >= 0.6 is 0 Å². The third-order valence-electron chi connectivity index (χ3n) is 2.41. The first kappa shape index (κ1) is 12.2. The van der Waals surface area contributed by atoms with Gasteiger partial charge in [-0.3, -0.25) is 0 Å². The van der Waals surface area contributed by atoms with Crippen molar-refractivity contribution in [3.63, 3.8) is 0 Å². The average Bonchev–Trinajstić information content (AvgIpc) is 2.19. The molecule has 0 aliphatic carbocycles. The summed E-state index contributed by atoms with van der Waals surface area (Å²) in [5, 5.41) is 3.35. The van der Waals surface area contributed by atoms with Crippen LogP contribution in [0.25, 0.3) is 0 Å². The smallest absolute Gasteiger partial charge is 0.0282 e. The van der Waals surface area contributed by atoms with Crippen LogP contribution in [-0.2, 0) is 32.7 Å². The number of piperazine rings is 1. The second-order valence-corrected chi connectivity index (χ2v) is 3.47. The summed E-state index contributed by atoms with van der Waals surface area (Å²) in [5.74, 6) is 0. The van der Waals surface area contributed by atoms with E-state index in [1.807, 2.05) is 6.07 Å². The van der Waals surface area contributed by atoms with Gasteiger partial charge in [0.05, 0.1) is 0 Å². The number of nitrogens with one attached hydrogen (secondary N) is 1. The van der Waals surface area contributed by atoms with E-state index in [2.05, 4.69) is 35.3 Å².